The van der Waals surface area contributed by atoms with Crippen LogP contribution in [0.3, 0.4) is 0 Å². The molecular weight excluding hydrogens is 416 g/mol. The minimum atomic E-state index is 0.516. The Hall–Kier alpha value is -1.38. The number of rotatable bonds is 22. The van der Waals surface area contributed by atoms with Gasteiger partial charge in [0.1, 0.15) is 0 Å². The molecule has 34 heavy (non-hydrogen) atoms. The third-order valence-electron chi connectivity index (χ3n) is 7.02. The Labute approximate surface area is 213 Å². The normalized spacial score (nSPS) is 11.2. The fourth-order valence-corrected chi connectivity index (χ4v) is 4.85. The lowest BCUT2D eigenvalue weighted by atomic mass is 10.1. The molecule has 1 aromatic carbocycles. The average Bonchev–Trinajstić information content (AvgIpc) is 2.83. The molecule has 198 valence electrons. The Bertz CT molecular complexity index is 542. The van der Waals surface area contributed by atoms with Crippen molar-refractivity contribution >= 4 is 11.4 Å². The molecule has 1 N–H and O–H groups in total. The zero-order chi connectivity index (χ0) is 25.0. The molecule has 0 aromatic heterocycles. The molecule has 0 unspecified atom stereocenters. The molecule has 0 atom stereocenters. The molecular formula is C31H58N2O. The first-order valence-electron chi connectivity index (χ1n) is 14.9. The van der Waals surface area contributed by atoms with Crippen LogP contribution in [0.15, 0.2) is 12.1 Å². The van der Waals surface area contributed by atoms with Gasteiger partial charge in [-0.15, -0.1) is 0 Å². The van der Waals surface area contributed by atoms with Gasteiger partial charge in [0, 0.05) is 26.2 Å². The smallest absolute Gasteiger partial charge is 0.162 e. The van der Waals surface area contributed by atoms with E-state index in [9.17, 15) is 5.11 Å². The summed E-state index contributed by atoms with van der Waals surface area (Å²) in [4.78, 5) is 4.98. The molecule has 0 amide bonds. The van der Waals surface area contributed by atoms with Crippen LogP contribution in [0.25, 0.3) is 0 Å². The number of aromatic hydroxyl groups is 1. The predicted molar refractivity (Wildman–Crippen MR) is 154 cm³/mol. The van der Waals surface area contributed by atoms with E-state index in [0.717, 1.165) is 37.6 Å². The highest BCUT2D eigenvalue weighted by Crippen LogP contribution is 2.39. The molecule has 0 aliphatic rings. The largest absolute Gasteiger partial charge is 0.504 e. The average molecular weight is 475 g/mol. The van der Waals surface area contributed by atoms with E-state index in [2.05, 4.69) is 56.6 Å². The van der Waals surface area contributed by atoms with Crippen LogP contribution in [-0.4, -0.2) is 31.3 Å². The summed E-state index contributed by atoms with van der Waals surface area (Å²) in [6, 6.07) is 4.45. The molecule has 1 rings (SSSR count). The predicted octanol–water partition coefficient (Wildman–Crippen LogP) is 9.63. The van der Waals surface area contributed by atoms with E-state index < -0.39 is 0 Å². The van der Waals surface area contributed by atoms with Gasteiger partial charge in [0.15, 0.2) is 5.75 Å². The highest BCUT2D eigenvalue weighted by atomic mass is 16.3. The van der Waals surface area contributed by atoms with Crippen LogP contribution < -0.4 is 9.80 Å². The molecule has 1 aromatic rings. The van der Waals surface area contributed by atoms with Gasteiger partial charge < -0.3 is 14.9 Å². The number of hydrogen-bond acceptors (Lipinski definition) is 3. The van der Waals surface area contributed by atoms with Crippen LogP contribution in [0.5, 0.6) is 5.75 Å². The van der Waals surface area contributed by atoms with Gasteiger partial charge in [0.2, 0.25) is 0 Å². The van der Waals surface area contributed by atoms with Crippen LogP contribution >= 0.6 is 0 Å². The minimum absolute atomic E-state index is 0.516. The summed E-state index contributed by atoms with van der Waals surface area (Å²) in [5.41, 5.74) is 3.40. The van der Waals surface area contributed by atoms with Gasteiger partial charge in [-0.05, 0) is 50.3 Å². The Kier molecular flexibility index (Phi) is 17.9. The fourth-order valence-electron chi connectivity index (χ4n) is 4.85. The highest BCUT2D eigenvalue weighted by molar-refractivity contribution is 5.74. The number of anilines is 2. The van der Waals surface area contributed by atoms with E-state index in [4.69, 9.17) is 0 Å². The first-order chi connectivity index (χ1) is 16.6. The van der Waals surface area contributed by atoms with E-state index >= 15 is 0 Å². The van der Waals surface area contributed by atoms with Crippen molar-refractivity contribution in [2.75, 3.05) is 36.0 Å². The van der Waals surface area contributed by atoms with Crippen molar-refractivity contribution in [1.29, 1.82) is 0 Å². The summed E-state index contributed by atoms with van der Waals surface area (Å²) in [5, 5.41) is 11.6. The van der Waals surface area contributed by atoms with Crippen LogP contribution in [0, 0.1) is 6.92 Å². The van der Waals surface area contributed by atoms with Crippen molar-refractivity contribution in [1.82, 2.24) is 0 Å². The number of phenolic OH excluding ortho intramolecular Hbond substituents is 1. The summed E-state index contributed by atoms with van der Waals surface area (Å²) in [5.74, 6) is 0.516. The standard InChI is InChI=1S/C31H58N2O/c1-6-10-14-18-22-32(23-19-15-11-7-2)29-26-28(5)27-30(31(29)34)33(24-20-16-12-8-3)25-21-17-13-9-4/h26-27,34H,6-25H2,1-5H3. The molecule has 0 saturated carbocycles. The Morgan fingerprint density at radius 1 is 0.500 bits per heavy atom. The van der Waals surface area contributed by atoms with Crippen LogP contribution in [0.4, 0.5) is 11.4 Å². The van der Waals surface area contributed by atoms with E-state index in [1.807, 2.05) is 0 Å². The van der Waals surface area contributed by atoms with E-state index in [1.54, 1.807) is 0 Å². The number of unbranched alkanes of at least 4 members (excludes halogenated alkanes) is 12. The van der Waals surface area contributed by atoms with Crippen molar-refractivity contribution in [3.05, 3.63) is 17.7 Å². The van der Waals surface area contributed by atoms with Crippen LogP contribution in [-0.2, 0) is 0 Å². The molecule has 0 fully saturated rings. The van der Waals surface area contributed by atoms with Gasteiger partial charge in [-0.3, -0.25) is 0 Å². The van der Waals surface area contributed by atoms with Gasteiger partial charge >= 0.3 is 0 Å². The van der Waals surface area contributed by atoms with Crippen molar-refractivity contribution in [3.63, 3.8) is 0 Å². The molecule has 0 radical (unpaired) electrons. The molecule has 3 nitrogen and oxygen atoms in total. The van der Waals surface area contributed by atoms with Gasteiger partial charge in [-0.1, -0.05) is 105 Å². The summed E-state index contributed by atoms with van der Waals surface area (Å²) in [6.07, 6.45) is 20.2. The molecule has 0 bridgehead atoms. The van der Waals surface area contributed by atoms with Crippen LogP contribution in [0.1, 0.15) is 136 Å². The first-order valence-corrected chi connectivity index (χ1v) is 14.9. The second kappa shape index (κ2) is 19.9. The molecule has 3 heteroatoms. The minimum Gasteiger partial charge on any atom is -0.504 e. The topological polar surface area (TPSA) is 26.7 Å². The molecule has 0 spiro atoms. The maximum atomic E-state index is 11.6. The van der Waals surface area contributed by atoms with Gasteiger partial charge in [-0.2, -0.15) is 0 Å². The number of hydrogen-bond donors (Lipinski definition) is 1. The van der Waals surface area contributed by atoms with Gasteiger partial charge in [0.25, 0.3) is 0 Å². The van der Waals surface area contributed by atoms with Crippen LogP contribution in [0.2, 0.25) is 0 Å². The quantitative estimate of drug-likeness (QED) is 0.169. The lowest BCUT2D eigenvalue weighted by molar-refractivity contribution is 0.469. The SMILES string of the molecule is CCCCCCN(CCCCCC)c1cc(C)cc(N(CCCCCC)CCCCCC)c1O. The van der Waals surface area contributed by atoms with Gasteiger partial charge in [0.05, 0.1) is 11.4 Å². The van der Waals surface area contributed by atoms with Gasteiger partial charge in [-0.25, -0.2) is 0 Å². The second-order valence-corrected chi connectivity index (χ2v) is 10.4. The van der Waals surface area contributed by atoms with E-state index in [-0.39, 0.29) is 0 Å². The number of phenols is 1. The Morgan fingerprint density at radius 2 is 0.794 bits per heavy atom. The highest BCUT2D eigenvalue weighted by Gasteiger charge is 2.19. The maximum Gasteiger partial charge on any atom is 0.162 e. The summed E-state index contributed by atoms with van der Waals surface area (Å²) < 4.78 is 0. The van der Waals surface area contributed by atoms with Crippen molar-refractivity contribution in [3.8, 4) is 5.75 Å². The first kappa shape index (κ1) is 30.7. The van der Waals surface area contributed by atoms with E-state index in [0.29, 0.717) is 5.75 Å². The molecule has 0 aliphatic heterocycles. The summed E-state index contributed by atoms with van der Waals surface area (Å²) >= 11 is 0. The van der Waals surface area contributed by atoms with Crippen molar-refractivity contribution < 1.29 is 5.11 Å². The number of benzene rings is 1. The Morgan fingerprint density at radius 3 is 1.06 bits per heavy atom. The molecule has 0 heterocycles. The third-order valence-corrected chi connectivity index (χ3v) is 7.02. The number of nitrogens with zero attached hydrogens (tertiary/aromatic N) is 2. The monoisotopic (exact) mass is 474 g/mol. The fraction of sp³-hybridized carbons (Fsp3) is 0.806. The maximum absolute atomic E-state index is 11.6. The zero-order valence-electron chi connectivity index (χ0n) is 23.6. The van der Waals surface area contributed by atoms with Crippen molar-refractivity contribution in [2.45, 2.75) is 137 Å². The molecule has 0 aliphatic carbocycles. The lowest BCUT2D eigenvalue weighted by Gasteiger charge is -2.31. The lowest BCUT2D eigenvalue weighted by Crippen LogP contribution is -2.28. The summed E-state index contributed by atoms with van der Waals surface area (Å²) in [7, 11) is 0. The second-order valence-electron chi connectivity index (χ2n) is 10.4. The zero-order valence-corrected chi connectivity index (χ0v) is 23.6. The Balaban J connectivity index is 3.09. The molecule has 0 saturated heterocycles. The summed E-state index contributed by atoms with van der Waals surface area (Å²) in [6.45, 7) is 15.5. The number of aryl methyl sites for hydroxylation is 1. The van der Waals surface area contributed by atoms with E-state index in [1.165, 1.54) is 108 Å². The van der Waals surface area contributed by atoms with Crippen molar-refractivity contribution in [2.24, 2.45) is 0 Å². The third kappa shape index (κ3) is 12.4.